The summed E-state index contributed by atoms with van der Waals surface area (Å²) >= 11 is 0. The Labute approximate surface area is 109 Å². The first-order valence-electron chi connectivity index (χ1n) is 5.86. The molecule has 0 N–H and O–H groups in total. The van der Waals surface area contributed by atoms with Gasteiger partial charge in [0.15, 0.2) is 0 Å². The predicted molar refractivity (Wildman–Crippen MR) is 67.1 cm³/mol. The Morgan fingerprint density at radius 3 is 1.89 bits per heavy atom. The van der Waals surface area contributed by atoms with E-state index in [1.807, 2.05) is 37.3 Å². The molecule has 1 atom stereocenters. The van der Waals surface area contributed by atoms with Crippen LogP contribution < -0.4 is 4.74 Å². The average Bonchev–Trinajstić information content (AvgIpc) is 2.38. The zero-order chi connectivity index (χ0) is 13.9. The van der Waals surface area contributed by atoms with Gasteiger partial charge >= 0.3 is 6.36 Å². The Balaban J connectivity index is 2.15. The standard InChI is InChI=1S/C15H13F3O/c1-11(12-5-3-2-4-6-12)13-7-9-14(10-8-13)19-15(16,17)18/h2-11H,1H3. The van der Waals surface area contributed by atoms with Gasteiger partial charge in [-0.25, -0.2) is 0 Å². The van der Waals surface area contributed by atoms with Crippen molar-refractivity contribution in [1.82, 2.24) is 0 Å². The molecule has 0 amide bonds. The molecule has 0 saturated heterocycles. The van der Waals surface area contributed by atoms with E-state index in [2.05, 4.69) is 4.74 Å². The van der Waals surface area contributed by atoms with E-state index in [0.29, 0.717) is 0 Å². The molecule has 0 heterocycles. The first-order chi connectivity index (χ1) is 8.96. The molecule has 0 aliphatic heterocycles. The second kappa shape index (κ2) is 5.34. The Morgan fingerprint density at radius 1 is 0.842 bits per heavy atom. The maximum absolute atomic E-state index is 12.0. The third-order valence-electron chi connectivity index (χ3n) is 2.91. The summed E-state index contributed by atoms with van der Waals surface area (Å²) in [6.45, 7) is 2.01. The molecule has 0 aliphatic carbocycles. The molecule has 0 bridgehead atoms. The van der Waals surface area contributed by atoms with Crippen LogP contribution in [0.15, 0.2) is 54.6 Å². The molecule has 0 saturated carbocycles. The summed E-state index contributed by atoms with van der Waals surface area (Å²) in [5.41, 5.74) is 2.06. The van der Waals surface area contributed by atoms with Gasteiger partial charge in [0, 0.05) is 5.92 Å². The fraction of sp³-hybridized carbons (Fsp3) is 0.200. The number of ether oxygens (including phenoxy) is 1. The van der Waals surface area contributed by atoms with Gasteiger partial charge in [-0.1, -0.05) is 49.4 Å². The van der Waals surface area contributed by atoms with Crippen molar-refractivity contribution in [2.45, 2.75) is 19.2 Å². The van der Waals surface area contributed by atoms with Gasteiger partial charge in [-0.05, 0) is 23.3 Å². The normalized spacial score (nSPS) is 13.1. The lowest BCUT2D eigenvalue weighted by Crippen LogP contribution is -2.17. The molecule has 2 aromatic carbocycles. The van der Waals surface area contributed by atoms with Crippen molar-refractivity contribution < 1.29 is 17.9 Å². The van der Waals surface area contributed by atoms with Crippen molar-refractivity contribution in [3.8, 4) is 5.75 Å². The molecular formula is C15H13F3O. The first-order valence-corrected chi connectivity index (χ1v) is 5.86. The van der Waals surface area contributed by atoms with Crippen LogP contribution in [0, 0.1) is 0 Å². The summed E-state index contributed by atoms with van der Waals surface area (Å²) in [5, 5.41) is 0. The maximum atomic E-state index is 12.0. The van der Waals surface area contributed by atoms with Gasteiger partial charge in [-0.2, -0.15) is 0 Å². The molecule has 100 valence electrons. The number of alkyl halides is 3. The smallest absolute Gasteiger partial charge is 0.406 e. The zero-order valence-electron chi connectivity index (χ0n) is 10.3. The minimum atomic E-state index is -4.65. The predicted octanol–water partition coefficient (Wildman–Crippen LogP) is 4.74. The summed E-state index contributed by atoms with van der Waals surface area (Å²) < 4.78 is 40.0. The summed E-state index contributed by atoms with van der Waals surface area (Å²) in [6, 6.07) is 15.8. The van der Waals surface area contributed by atoms with Gasteiger partial charge in [-0.3, -0.25) is 0 Å². The number of hydrogen-bond donors (Lipinski definition) is 0. The van der Waals surface area contributed by atoms with Crippen LogP contribution in [-0.4, -0.2) is 6.36 Å². The number of halogens is 3. The van der Waals surface area contributed by atoms with E-state index in [1.165, 1.54) is 12.1 Å². The lowest BCUT2D eigenvalue weighted by molar-refractivity contribution is -0.274. The lowest BCUT2D eigenvalue weighted by atomic mass is 9.93. The Morgan fingerprint density at radius 2 is 1.37 bits per heavy atom. The van der Waals surface area contributed by atoms with E-state index in [4.69, 9.17) is 0 Å². The molecule has 2 aromatic rings. The molecule has 0 radical (unpaired) electrons. The average molecular weight is 266 g/mol. The summed E-state index contributed by atoms with van der Waals surface area (Å²) in [7, 11) is 0. The van der Waals surface area contributed by atoms with Gasteiger partial charge in [-0.15, -0.1) is 13.2 Å². The van der Waals surface area contributed by atoms with Gasteiger partial charge < -0.3 is 4.74 Å². The Bertz CT molecular complexity index is 517. The van der Waals surface area contributed by atoms with Crippen molar-refractivity contribution >= 4 is 0 Å². The van der Waals surface area contributed by atoms with Gasteiger partial charge in [0.2, 0.25) is 0 Å². The molecule has 0 fully saturated rings. The molecule has 19 heavy (non-hydrogen) atoms. The number of hydrogen-bond acceptors (Lipinski definition) is 1. The fourth-order valence-corrected chi connectivity index (χ4v) is 1.89. The molecule has 1 nitrogen and oxygen atoms in total. The minimum Gasteiger partial charge on any atom is -0.406 e. The molecule has 0 aromatic heterocycles. The fourth-order valence-electron chi connectivity index (χ4n) is 1.89. The Hall–Kier alpha value is -1.97. The van der Waals surface area contributed by atoms with Crippen molar-refractivity contribution in [1.29, 1.82) is 0 Å². The van der Waals surface area contributed by atoms with Crippen LogP contribution in [0.25, 0.3) is 0 Å². The monoisotopic (exact) mass is 266 g/mol. The van der Waals surface area contributed by atoms with Crippen LogP contribution in [0.5, 0.6) is 5.75 Å². The van der Waals surface area contributed by atoms with Crippen molar-refractivity contribution in [3.63, 3.8) is 0 Å². The highest BCUT2D eigenvalue weighted by molar-refractivity contribution is 5.35. The largest absolute Gasteiger partial charge is 0.573 e. The first kappa shape index (κ1) is 13.5. The number of benzene rings is 2. The molecule has 2 rings (SSSR count). The van der Waals surface area contributed by atoms with Crippen LogP contribution >= 0.6 is 0 Å². The van der Waals surface area contributed by atoms with E-state index in [-0.39, 0.29) is 11.7 Å². The SMILES string of the molecule is CC(c1ccccc1)c1ccc(OC(F)(F)F)cc1. The highest BCUT2D eigenvalue weighted by Crippen LogP contribution is 2.27. The van der Waals surface area contributed by atoms with Gasteiger partial charge in [0.1, 0.15) is 5.75 Å². The van der Waals surface area contributed by atoms with E-state index < -0.39 is 6.36 Å². The Kier molecular flexibility index (Phi) is 3.79. The minimum absolute atomic E-state index is 0.126. The van der Waals surface area contributed by atoms with E-state index in [9.17, 15) is 13.2 Å². The van der Waals surface area contributed by atoms with E-state index in [0.717, 1.165) is 11.1 Å². The van der Waals surface area contributed by atoms with Crippen LogP contribution in [0.2, 0.25) is 0 Å². The quantitative estimate of drug-likeness (QED) is 0.779. The van der Waals surface area contributed by atoms with Crippen LogP contribution in [0.3, 0.4) is 0 Å². The van der Waals surface area contributed by atoms with E-state index in [1.54, 1.807) is 12.1 Å². The lowest BCUT2D eigenvalue weighted by Gasteiger charge is -2.14. The summed E-state index contributed by atoms with van der Waals surface area (Å²) in [4.78, 5) is 0. The van der Waals surface area contributed by atoms with Crippen LogP contribution in [-0.2, 0) is 0 Å². The van der Waals surface area contributed by atoms with Crippen LogP contribution in [0.4, 0.5) is 13.2 Å². The topological polar surface area (TPSA) is 9.23 Å². The summed E-state index contributed by atoms with van der Waals surface area (Å²) in [6.07, 6.45) is -4.65. The zero-order valence-corrected chi connectivity index (χ0v) is 10.3. The van der Waals surface area contributed by atoms with Gasteiger partial charge in [0.05, 0.1) is 0 Å². The second-order valence-electron chi connectivity index (χ2n) is 4.25. The van der Waals surface area contributed by atoms with E-state index >= 15 is 0 Å². The van der Waals surface area contributed by atoms with Gasteiger partial charge in [0.25, 0.3) is 0 Å². The van der Waals surface area contributed by atoms with Crippen molar-refractivity contribution in [2.75, 3.05) is 0 Å². The highest BCUT2D eigenvalue weighted by Gasteiger charge is 2.31. The van der Waals surface area contributed by atoms with Crippen molar-refractivity contribution in [2.24, 2.45) is 0 Å². The molecule has 0 spiro atoms. The third-order valence-corrected chi connectivity index (χ3v) is 2.91. The molecular weight excluding hydrogens is 253 g/mol. The number of rotatable bonds is 3. The second-order valence-corrected chi connectivity index (χ2v) is 4.25. The maximum Gasteiger partial charge on any atom is 0.573 e. The molecule has 1 unspecified atom stereocenters. The highest BCUT2D eigenvalue weighted by atomic mass is 19.4. The van der Waals surface area contributed by atoms with Crippen LogP contribution in [0.1, 0.15) is 24.0 Å². The molecule has 4 heteroatoms. The third kappa shape index (κ3) is 3.74. The van der Waals surface area contributed by atoms with Crippen molar-refractivity contribution in [3.05, 3.63) is 65.7 Å². The summed E-state index contributed by atoms with van der Waals surface area (Å²) in [5.74, 6) is -0.0716. The molecule has 0 aliphatic rings.